The Hall–Kier alpha value is -1.02. The van der Waals surface area contributed by atoms with Crippen molar-refractivity contribution in [2.75, 3.05) is 10.0 Å². The number of benzene rings is 4. The molecule has 0 spiro atoms. The molecule has 4 aromatic rings. The number of rotatable bonds is 5. The number of hydrogen-bond acceptors (Lipinski definition) is 2. The van der Waals surface area contributed by atoms with E-state index in [9.17, 15) is 8.78 Å². The summed E-state index contributed by atoms with van der Waals surface area (Å²) in [5.74, 6) is -8.09. The first-order valence-electron chi connectivity index (χ1n) is 9.76. The highest BCUT2D eigenvalue weighted by Gasteiger charge is 2.32. The van der Waals surface area contributed by atoms with Crippen LogP contribution in [0.25, 0.3) is 0 Å². The van der Waals surface area contributed by atoms with Crippen LogP contribution < -0.4 is 10.0 Å². The van der Waals surface area contributed by atoms with Gasteiger partial charge < -0.3 is 0 Å². The molecule has 0 aliphatic heterocycles. The predicted octanol–water partition coefficient (Wildman–Crippen LogP) is 9.83. The van der Waals surface area contributed by atoms with E-state index in [1.54, 1.807) is 24.3 Å². The molecule has 36 heavy (non-hydrogen) atoms. The van der Waals surface area contributed by atoms with Crippen LogP contribution in [-0.4, -0.2) is 0 Å². The molecule has 0 saturated carbocycles. The molecule has 0 atom stereocenters. The molecule has 0 radical (unpaired) electrons. The third kappa shape index (κ3) is 6.00. The first-order valence-corrected chi connectivity index (χ1v) is 14.1. The third-order valence-electron chi connectivity index (χ3n) is 4.77. The van der Waals surface area contributed by atoms with E-state index in [0.717, 1.165) is 14.3 Å². The molecule has 186 valence electrons. The lowest BCUT2D eigenvalue weighted by molar-refractivity contribution is 0.529. The molecule has 0 aliphatic rings. The van der Waals surface area contributed by atoms with Gasteiger partial charge in [0.25, 0.3) is 0 Å². The van der Waals surface area contributed by atoms with Crippen molar-refractivity contribution in [3.8, 4) is 0 Å². The van der Waals surface area contributed by atoms with Crippen LogP contribution in [-0.2, 0) is 0 Å². The molecule has 0 amide bonds. The summed E-state index contributed by atoms with van der Waals surface area (Å²) in [6, 6.07) is 11.8. The molecule has 0 fully saturated rings. The normalized spacial score (nSPS) is 11.1. The van der Waals surface area contributed by atoms with Crippen molar-refractivity contribution in [3.63, 3.8) is 0 Å². The predicted molar refractivity (Wildman–Crippen MR) is 161 cm³/mol. The van der Waals surface area contributed by atoms with Crippen molar-refractivity contribution in [2.45, 2.75) is 0 Å². The topological polar surface area (TPSA) is 6.48 Å². The third-order valence-corrected chi connectivity index (χ3v) is 7.26. The fourth-order valence-corrected chi connectivity index (χ4v) is 7.30. The summed E-state index contributed by atoms with van der Waals surface area (Å²) in [4.78, 5) is 0. The number of nitrogens with zero attached hydrogens (tertiary/aromatic N) is 2. The second-order valence-electron chi connectivity index (χ2n) is 7.31. The van der Waals surface area contributed by atoms with Gasteiger partial charge in [0.15, 0.2) is 23.3 Å². The van der Waals surface area contributed by atoms with Crippen LogP contribution in [0.15, 0.2) is 60.7 Å². The Morgan fingerprint density at radius 1 is 0.389 bits per heavy atom. The Morgan fingerprint density at radius 3 is 0.944 bits per heavy atom. The van der Waals surface area contributed by atoms with Gasteiger partial charge in [0, 0.05) is 38.5 Å². The standard InChI is InChI=1S/C24H10F6I4N2/c25-11-1-19(27)23(20(28)2-11)36(24-21(29)3-12(26)4-22(24)30)35(17-7-13(31)5-14(32)8-17)18-9-15(33)6-16(34)10-18/h1-10H. The smallest absolute Gasteiger partial charge is 0.154 e. The van der Waals surface area contributed by atoms with Gasteiger partial charge in [-0.25, -0.2) is 36.4 Å². The van der Waals surface area contributed by atoms with Crippen molar-refractivity contribution < 1.29 is 26.3 Å². The van der Waals surface area contributed by atoms with Gasteiger partial charge in [-0.3, -0.25) is 0 Å². The molecule has 0 aromatic heterocycles. The van der Waals surface area contributed by atoms with Gasteiger partial charge in [0.05, 0.1) is 11.4 Å². The van der Waals surface area contributed by atoms with Crippen LogP contribution in [0.3, 0.4) is 0 Å². The molecule has 4 rings (SSSR count). The first kappa shape index (κ1) is 28.0. The van der Waals surface area contributed by atoms with Crippen LogP contribution in [0.4, 0.5) is 49.1 Å². The highest BCUT2D eigenvalue weighted by molar-refractivity contribution is 14.1. The minimum Gasteiger partial charge on any atom is -0.249 e. The SMILES string of the molecule is Fc1cc(F)c(N(c2c(F)cc(F)cc2F)N(c2cc(I)cc(I)c2)c2cc(I)cc(I)c2)c(F)c1. The first-order chi connectivity index (χ1) is 16.9. The van der Waals surface area contributed by atoms with Gasteiger partial charge in [-0.1, -0.05) is 0 Å². The maximum Gasteiger partial charge on any atom is 0.154 e. The Labute approximate surface area is 256 Å². The van der Waals surface area contributed by atoms with Crippen LogP contribution in [0, 0.1) is 49.2 Å². The summed E-state index contributed by atoms with van der Waals surface area (Å²) in [7, 11) is 0. The van der Waals surface area contributed by atoms with Gasteiger partial charge >= 0.3 is 0 Å². The average molecular weight is 948 g/mol. The monoisotopic (exact) mass is 948 g/mol. The number of halogens is 10. The van der Waals surface area contributed by atoms with E-state index in [1.807, 2.05) is 102 Å². The highest BCUT2D eigenvalue weighted by atomic mass is 127. The van der Waals surface area contributed by atoms with E-state index in [1.165, 1.54) is 5.01 Å². The van der Waals surface area contributed by atoms with E-state index in [0.29, 0.717) is 29.3 Å². The second kappa shape index (κ2) is 11.4. The minimum absolute atomic E-state index is 0.287. The molecule has 0 aliphatic carbocycles. The van der Waals surface area contributed by atoms with Crippen LogP contribution in [0.5, 0.6) is 0 Å². The summed E-state index contributed by atoms with van der Waals surface area (Å²) in [5, 5.41) is 1.82. The Balaban J connectivity index is 2.16. The maximum atomic E-state index is 15.2. The molecule has 0 unspecified atom stereocenters. The van der Waals surface area contributed by atoms with Crippen molar-refractivity contribution in [2.24, 2.45) is 0 Å². The van der Waals surface area contributed by atoms with Crippen molar-refractivity contribution in [3.05, 3.63) is 110 Å². The number of anilines is 4. The lowest BCUT2D eigenvalue weighted by Crippen LogP contribution is -2.38. The largest absolute Gasteiger partial charge is 0.249 e. The minimum atomic E-state index is -1.42. The molecule has 0 saturated heterocycles. The molecule has 0 heterocycles. The van der Waals surface area contributed by atoms with Crippen LogP contribution in [0.2, 0.25) is 0 Å². The highest BCUT2D eigenvalue weighted by Crippen LogP contribution is 2.43. The van der Waals surface area contributed by atoms with E-state index in [-0.39, 0.29) is 11.4 Å². The quantitative estimate of drug-likeness (QED) is 0.112. The zero-order valence-electron chi connectivity index (χ0n) is 17.4. The molecule has 2 nitrogen and oxygen atoms in total. The van der Waals surface area contributed by atoms with E-state index >= 15 is 17.6 Å². The van der Waals surface area contributed by atoms with Crippen molar-refractivity contribution in [1.82, 2.24) is 0 Å². The molecular formula is C24H10F6I4N2. The number of hydrogen-bond donors (Lipinski definition) is 0. The molecule has 0 N–H and O–H groups in total. The fourth-order valence-electron chi connectivity index (χ4n) is 3.49. The lowest BCUT2D eigenvalue weighted by Gasteiger charge is -2.39. The van der Waals surface area contributed by atoms with E-state index < -0.39 is 46.3 Å². The zero-order chi connectivity index (χ0) is 26.3. The van der Waals surface area contributed by atoms with Gasteiger partial charge in [-0.05, 0) is 127 Å². The summed E-state index contributed by atoms with van der Waals surface area (Å²) >= 11 is 8.15. The fraction of sp³-hybridized carbons (Fsp3) is 0. The summed E-state index contributed by atoms with van der Waals surface area (Å²) in [5.41, 5.74) is -1.34. The van der Waals surface area contributed by atoms with Gasteiger partial charge in [0.1, 0.15) is 23.0 Å². The Kier molecular flexibility index (Phi) is 8.85. The van der Waals surface area contributed by atoms with Crippen molar-refractivity contribution >= 4 is 113 Å². The summed E-state index contributed by atoms with van der Waals surface area (Å²) < 4.78 is 91.5. The maximum absolute atomic E-state index is 15.2. The van der Waals surface area contributed by atoms with Gasteiger partial charge in [-0.2, -0.15) is 0 Å². The van der Waals surface area contributed by atoms with Crippen LogP contribution in [0.1, 0.15) is 0 Å². The van der Waals surface area contributed by atoms with Crippen molar-refractivity contribution in [1.29, 1.82) is 0 Å². The molecule has 0 bridgehead atoms. The summed E-state index contributed by atoms with van der Waals surface area (Å²) in [6.07, 6.45) is 0. The van der Waals surface area contributed by atoms with E-state index in [4.69, 9.17) is 0 Å². The lowest BCUT2D eigenvalue weighted by atomic mass is 10.2. The number of hydrazine groups is 1. The Morgan fingerprint density at radius 2 is 0.667 bits per heavy atom. The zero-order valence-corrected chi connectivity index (χ0v) is 26.1. The van der Waals surface area contributed by atoms with Crippen LogP contribution >= 0.6 is 90.4 Å². The van der Waals surface area contributed by atoms with Gasteiger partial charge in [-0.15, -0.1) is 0 Å². The van der Waals surface area contributed by atoms with E-state index in [2.05, 4.69) is 0 Å². The molecular weight excluding hydrogens is 938 g/mol. The van der Waals surface area contributed by atoms with Gasteiger partial charge in [0.2, 0.25) is 0 Å². The summed E-state index contributed by atoms with van der Waals surface area (Å²) in [6.45, 7) is 0. The molecule has 4 aromatic carbocycles. The molecule has 12 heteroatoms. The Bertz CT molecular complexity index is 1290. The average Bonchev–Trinajstić information content (AvgIpc) is 2.71. The second-order valence-corrected chi connectivity index (χ2v) is 12.3.